The fraction of sp³-hybridized carbons (Fsp3) is 0.520. The number of rotatable bonds is 22. The van der Waals surface area contributed by atoms with Gasteiger partial charge in [0.2, 0.25) is 0 Å². The van der Waals surface area contributed by atoms with E-state index in [4.69, 9.17) is 4.74 Å². The Morgan fingerprint density at radius 3 is 1.47 bits per heavy atom. The van der Waals surface area contributed by atoms with Gasteiger partial charge in [0.15, 0.2) is 0 Å². The third-order valence-corrected chi connectivity index (χ3v) is 13.8. The molecule has 58 heavy (non-hydrogen) atoms. The molecule has 0 bridgehead atoms. The molecule has 2 atom stereocenters. The number of amides is 4. The van der Waals surface area contributed by atoms with Crippen LogP contribution in [0.3, 0.4) is 0 Å². The van der Waals surface area contributed by atoms with Crippen molar-refractivity contribution in [2.24, 2.45) is 11.8 Å². The lowest BCUT2D eigenvalue weighted by Crippen LogP contribution is -2.43. The molecule has 8 heteroatoms. The van der Waals surface area contributed by atoms with Crippen LogP contribution in [0.1, 0.15) is 179 Å². The molecule has 7 nitrogen and oxygen atoms in total. The maximum absolute atomic E-state index is 14.6. The van der Waals surface area contributed by atoms with E-state index in [-0.39, 0.29) is 35.5 Å². The molecule has 5 aromatic rings. The average molecular weight is 850 g/mol. The Labute approximate surface area is 352 Å². The summed E-state index contributed by atoms with van der Waals surface area (Å²) >= 11 is 3.90. The van der Waals surface area contributed by atoms with Crippen LogP contribution in [0.25, 0.3) is 43.1 Å². The van der Waals surface area contributed by atoms with Gasteiger partial charge in [0.05, 0.1) is 12.2 Å². The minimum atomic E-state index is -0.274. The first-order valence-electron chi connectivity index (χ1n) is 22.5. The topological polar surface area (TPSA) is 84.0 Å². The number of halogens is 1. The summed E-state index contributed by atoms with van der Waals surface area (Å²) in [5.74, 6) is 0.0204. The van der Waals surface area contributed by atoms with Crippen LogP contribution in [0.15, 0.2) is 40.9 Å². The molecule has 0 radical (unpaired) electrons. The minimum absolute atomic E-state index is 0.230. The van der Waals surface area contributed by atoms with E-state index in [1.54, 1.807) is 0 Å². The second-order valence-corrected chi connectivity index (χ2v) is 17.9. The fourth-order valence-electron chi connectivity index (χ4n) is 9.70. The number of hydrogen-bond donors (Lipinski definition) is 0. The van der Waals surface area contributed by atoms with Crippen molar-refractivity contribution in [3.05, 3.63) is 63.1 Å². The van der Waals surface area contributed by atoms with E-state index in [9.17, 15) is 19.2 Å². The number of imide groups is 2. The Morgan fingerprint density at radius 2 is 0.948 bits per heavy atom. The van der Waals surface area contributed by atoms with E-state index in [1.165, 1.54) is 41.9 Å². The van der Waals surface area contributed by atoms with Gasteiger partial charge in [0.1, 0.15) is 5.75 Å². The molecule has 0 aliphatic carbocycles. The number of carbonyl (C=O) groups is 4. The van der Waals surface area contributed by atoms with Crippen molar-refractivity contribution in [1.82, 2.24) is 9.80 Å². The van der Waals surface area contributed by atoms with Gasteiger partial charge in [-0.05, 0) is 66.1 Å². The molecule has 2 aliphatic rings. The lowest BCUT2D eigenvalue weighted by molar-refractivity contribution is 0.0565. The van der Waals surface area contributed by atoms with Crippen LogP contribution in [-0.4, -0.2) is 53.1 Å². The van der Waals surface area contributed by atoms with Crippen molar-refractivity contribution >= 4 is 82.6 Å². The van der Waals surface area contributed by atoms with Crippen molar-refractivity contribution < 1.29 is 23.9 Å². The molecule has 0 saturated carbocycles. The highest BCUT2D eigenvalue weighted by atomic mass is 79.9. The second-order valence-electron chi connectivity index (χ2n) is 17.0. The molecule has 5 aromatic carbocycles. The van der Waals surface area contributed by atoms with Crippen LogP contribution in [0, 0.1) is 11.8 Å². The fourth-order valence-corrected chi connectivity index (χ4v) is 10.3. The van der Waals surface area contributed by atoms with E-state index in [0.717, 1.165) is 107 Å². The third kappa shape index (κ3) is 7.63. The molecule has 0 aromatic heterocycles. The van der Waals surface area contributed by atoms with Gasteiger partial charge in [-0.1, -0.05) is 146 Å². The minimum Gasteiger partial charge on any atom is -0.493 e. The first-order valence-corrected chi connectivity index (χ1v) is 23.3. The Kier molecular flexibility index (Phi) is 13.4. The van der Waals surface area contributed by atoms with Gasteiger partial charge in [-0.25, -0.2) is 0 Å². The number of benzene rings is 5. The molecular weight excluding hydrogens is 788 g/mol. The van der Waals surface area contributed by atoms with E-state index >= 15 is 0 Å². The van der Waals surface area contributed by atoms with Crippen molar-refractivity contribution in [2.75, 3.05) is 19.7 Å². The Hall–Kier alpha value is -4.04. The molecule has 0 N–H and O–H groups in total. The molecule has 2 heterocycles. The number of ether oxygens (including phenoxy) is 1. The number of carbonyl (C=O) groups excluding carboxylic acids is 4. The van der Waals surface area contributed by atoms with Gasteiger partial charge in [-0.3, -0.25) is 29.0 Å². The molecule has 0 fully saturated rings. The molecule has 2 aliphatic heterocycles. The van der Waals surface area contributed by atoms with Crippen molar-refractivity contribution in [3.8, 4) is 5.75 Å². The van der Waals surface area contributed by atoms with E-state index in [1.807, 2.05) is 36.4 Å². The third-order valence-electron chi connectivity index (χ3n) is 13.1. The number of nitrogens with zero attached hydrogens (tertiary/aromatic N) is 2. The van der Waals surface area contributed by atoms with Crippen LogP contribution in [0.2, 0.25) is 0 Å². The lowest BCUT2D eigenvalue weighted by atomic mass is 9.81. The molecule has 2 unspecified atom stereocenters. The highest BCUT2D eigenvalue weighted by Gasteiger charge is 2.39. The van der Waals surface area contributed by atoms with Crippen LogP contribution < -0.4 is 4.74 Å². The zero-order valence-electron chi connectivity index (χ0n) is 35.4. The number of hydrogen-bond acceptors (Lipinski definition) is 5. The van der Waals surface area contributed by atoms with Gasteiger partial charge in [0, 0.05) is 66.6 Å². The van der Waals surface area contributed by atoms with Crippen molar-refractivity contribution in [2.45, 2.75) is 137 Å². The quantitative estimate of drug-likeness (QED) is 0.0300. The Bertz CT molecular complexity index is 2350. The monoisotopic (exact) mass is 848 g/mol. The summed E-state index contributed by atoms with van der Waals surface area (Å²) in [5, 5.41) is 6.32. The summed E-state index contributed by atoms with van der Waals surface area (Å²) in [6, 6.07) is 11.5. The van der Waals surface area contributed by atoms with Crippen molar-refractivity contribution in [3.63, 3.8) is 0 Å². The van der Waals surface area contributed by atoms with E-state index in [0.29, 0.717) is 58.5 Å². The maximum atomic E-state index is 14.6. The normalized spacial score (nSPS) is 15.3. The summed E-state index contributed by atoms with van der Waals surface area (Å²) in [6.45, 7) is 12.1. The standard InChI is InChI=1S/C50H61BrN2O5/c1-6-11-14-15-16-17-18-19-26-58-40-28-38-42-36(48(55)53(50(38)57)30-32(10-5)21-13-8-3)24-22-33-43-39(51)27-37-41-35(25-23-34(45(41)43)44(40)46(33)42)47(54)52(49(37)56)29-31(9-4)20-12-7-2/h22-25,27-28,31-32H,6-21,26,29-30H2,1-5H3. The summed E-state index contributed by atoms with van der Waals surface area (Å²) in [5.41, 5.74) is 2.05. The van der Waals surface area contributed by atoms with Crippen LogP contribution in [0.5, 0.6) is 5.75 Å². The van der Waals surface area contributed by atoms with E-state index in [2.05, 4.69) is 50.5 Å². The summed E-state index contributed by atoms with van der Waals surface area (Å²) in [6.07, 6.45) is 17.4. The van der Waals surface area contributed by atoms with Crippen LogP contribution in [-0.2, 0) is 0 Å². The SMILES string of the molecule is CCCCCCCCCCOc1cc2c3c(ccc4c5c(Br)cc6c7c(ccc(c1c34)c75)C(=O)N(CC(CC)CCCC)C6=O)C(=O)N(CC(CC)CCCC)C2=O. The average Bonchev–Trinajstić information content (AvgIpc) is 3.23. The van der Waals surface area contributed by atoms with Crippen molar-refractivity contribution in [1.29, 1.82) is 0 Å². The number of unbranched alkanes of at least 4 members (excludes halogenated alkanes) is 9. The van der Waals surface area contributed by atoms with Crippen LogP contribution in [0.4, 0.5) is 0 Å². The molecule has 0 spiro atoms. The first-order chi connectivity index (χ1) is 28.2. The number of fused-ring (bicyclic) bond motifs is 2. The largest absolute Gasteiger partial charge is 0.493 e. The van der Waals surface area contributed by atoms with E-state index < -0.39 is 0 Å². The molecule has 0 saturated heterocycles. The highest BCUT2D eigenvalue weighted by Crippen LogP contribution is 2.51. The second kappa shape index (κ2) is 18.5. The zero-order chi connectivity index (χ0) is 41.1. The molecule has 308 valence electrons. The molecule has 4 amide bonds. The predicted molar refractivity (Wildman–Crippen MR) is 241 cm³/mol. The van der Waals surface area contributed by atoms with Gasteiger partial charge >= 0.3 is 0 Å². The first kappa shape index (κ1) is 42.1. The highest BCUT2D eigenvalue weighted by molar-refractivity contribution is 9.10. The smallest absolute Gasteiger partial charge is 0.261 e. The lowest BCUT2D eigenvalue weighted by Gasteiger charge is -2.33. The van der Waals surface area contributed by atoms with Gasteiger partial charge in [-0.2, -0.15) is 0 Å². The summed E-state index contributed by atoms with van der Waals surface area (Å²) in [7, 11) is 0. The van der Waals surface area contributed by atoms with Crippen LogP contribution >= 0.6 is 15.9 Å². The van der Waals surface area contributed by atoms with Gasteiger partial charge in [0.25, 0.3) is 23.6 Å². The summed E-state index contributed by atoms with van der Waals surface area (Å²) < 4.78 is 7.49. The maximum Gasteiger partial charge on any atom is 0.261 e. The molecular formula is C50H61BrN2O5. The molecule has 7 rings (SSSR count). The summed E-state index contributed by atoms with van der Waals surface area (Å²) in [4.78, 5) is 60.7. The predicted octanol–water partition coefficient (Wildman–Crippen LogP) is 13.6. The van der Waals surface area contributed by atoms with Gasteiger partial charge in [-0.15, -0.1) is 0 Å². The Balaban J connectivity index is 1.38. The zero-order valence-corrected chi connectivity index (χ0v) is 37.0. The van der Waals surface area contributed by atoms with Gasteiger partial charge < -0.3 is 4.74 Å². The Morgan fingerprint density at radius 1 is 0.500 bits per heavy atom.